The summed E-state index contributed by atoms with van der Waals surface area (Å²) in [6.07, 6.45) is 1.03. The van der Waals surface area contributed by atoms with Gasteiger partial charge in [0.1, 0.15) is 11.5 Å². The van der Waals surface area contributed by atoms with Crippen molar-refractivity contribution < 1.29 is 14.3 Å². The Labute approximate surface area is 170 Å². The van der Waals surface area contributed by atoms with Crippen molar-refractivity contribution in [2.24, 2.45) is 0 Å². The summed E-state index contributed by atoms with van der Waals surface area (Å²) in [5.74, 6) is 1.38. The maximum Gasteiger partial charge on any atom is 0.322 e. The predicted octanol–water partition coefficient (Wildman–Crippen LogP) is 4.99. The average Bonchev–Trinajstić information content (AvgIpc) is 2.67. The fourth-order valence-corrected chi connectivity index (χ4v) is 2.73. The van der Waals surface area contributed by atoms with Crippen molar-refractivity contribution in [2.75, 3.05) is 11.9 Å². The summed E-state index contributed by atoms with van der Waals surface area (Å²) in [7, 11) is 0. The van der Waals surface area contributed by atoms with Crippen molar-refractivity contribution in [3.8, 4) is 17.5 Å². The lowest BCUT2D eigenvalue weighted by Gasteiger charge is -2.09. The topological polar surface area (TPSA) is 73.3 Å². The zero-order valence-corrected chi connectivity index (χ0v) is 16.9. The summed E-state index contributed by atoms with van der Waals surface area (Å²) < 4.78 is 11.3. The summed E-state index contributed by atoms with van der Waals surface area (Å²) in [4.78, 5) is 20.6. The number of hydrogen-bond acceptors (Lipinski definition) is 5. The molecule has 0 fully saturated rings. The van der Waals surface area contributed by atoms with E-state index in [4.69, 9.17) is 9.47 Å². The minimum Gasteiger partial charge on any atom is -0.494 e. The van der Waals surface area contributed by atoms with Crippen LogP contribution in [0, 0.1) is 20.8 Å². The molecular weight excluding hydrogens is 366 g/mol. The van der Waals surface area contributed by atoms with Crippen molar-refractivity contribution in [1.29, 1.82) is 0 Å². The van der Waals surface area contributed by atoms with E-state index in [-0.39, 0.29) is 5.91 Å². The number of benzene rings is 2. The number of amides is 1. The standard InChI is InChI=1S/C23H25N3O3/c1-16-6-10-20(11-7-16)28-14-4-5-22(27)26-19-8-12-21(13-9-19)29-23-24-17(2)15-18(3)25-23/h6-13,15H,4-5,14H2,1-3H3,(H,26,27). The first-order chi connectivity index (χ1) is 14.0. The largest absolute Gasteiger partial charge is 0.494 e. The minimum absolute atomic E-state index is 0.0520. The van der Waals surface area contributed by atoms with Crippen LogP contribution in [0.2, 0.25) is 0 Å². The van der Waals surface area contributed by atoms with Crippen LogP contribution in [-0.2, 0) is 4.79 Å². The van der Waals surface area contributed by atoms with Crippen molar-refractivity contribution in [3.05, 3.63) is 71.5 Å². The number of aryl methyl sites for hydroxylation is 3. The van der Waals surface area contributed by atoms with E-state index >= 15 is 0 Å². The lowest BCUT2D eigenvalue weighted by Crippen LogP contribution is -2.12. The van der Waals surface area contributed by atoms with Gasteiger partial charge < -0.3 is 14.8 Å². The highest BCUT2D eigenvalue weighted by atomic mass is 16.5. The Kier molecular flexibility index (Phi) is 6.79. The molecule has 6 heteroatoms. The van der Waals surface area contributed by atoms with Crippen LogP contribution in [0.3, 0.4) is 0 Å². The Morgan fingerprint density at radius 1 is 0.897 bits per heavy atom. The van der Waals surface area contributed by atoms with E-state index < -0.39 is 0 Å². The highest BCUT2D eigenvalue weighted by Crippen LogP contribution is 2.21. The second-order valence-electron chi connectivity index (χ2n) is 6.87. The lowest BCUT2D eigenvalue weighted by molar-refractivity contribution is -0.116. The number of carbonyl (C=O) groups excluding carboxylic acids is 1. The summed E-state index contributed by atoms with van der Waals surface area (Å²) in [5.41, 5.74) is 3.60. The number of rotatable bonds is 8. The molecule has 0 radical (unpaired) electrons. The molecule has 1 amide bonds. The molecule has 0 aliphatic carbocycles. The highest BCUT2D eigenvalue weighted by molar-refractivity contribution is 5.90. The third-order valence-corrected chi connectivity index (χ3v) is 4.15. The molecule has 3 rings (SSSR count). The number of ether oxygens (including phenoxy) is 2. The number of hydrogen-bond donors (Lipinski definition) is 1. The summed E-state index contributed by atoms with van der Waals surface area (Å²) >= 11 is 0. The molecule has 0 aliphatic heterocycles. The van der Waals surface area contributed by atoms with Gasteiger partial charge in [-0.15, -0.1) is 0 Å². The van der Waals surface area contributed by atoms with E-state index in [1.807, 2.05) is 51.1 Å². The van der Waals surface area contributed by atoms with Crippen molar-refractivity contribution in [1.82, 2.24) is 9.97 Å². The van der Waals surface area contributed by atoms with Gasteiger partial charge in [0.05, 0.1) is 6.61 Å². The Morgan fingerprint density at radius 2 is 1.52 bits per heavy atom. The van der Waals surface area contributed by atoms with Crippen molar-refractivity contribution in [2.45, 2.75) is 33.6 Å². The van der Waals surface area contributed by atoms with Gasteiger partial charge >= 0.3 is 6.01 Å². The molecule has 0 spiro atoms. The van der Waals surface area contributed by atoms with Crippen LogP contribution >= 0.6 is 0 Å². The SMILES string of the molecule is Cc1ccc(OCCCC(=O)Nc2ccc(Oc3nc(C)cc(C)n3)cc2)cc1. The molecule has 1 heterocycles. The zero-order valence-electron chi connectivity index (χ0n) is 16.9. The molecule has 1 N–H and O–H groups in total. The third-order valence-electron chi connectivity index (χ3n) is 4.15. The van der Waals surface area contributed by atoms with Gasteiger partial charge in [0, 0.05) is 23.5 Å². The van der Waals surface area contributed by atoms with Gasteiger partial charge in [-0.2, -0.15) is 0 Å². The first kappa shape index (κ1) is 20.3. The average molecular weight is 391 g/mol. The van der Waals surface area contributed by atoms with Gasteiger partial charge in [0.15, 0.2) is 0 Å². The number of nitrogens with one attached hydrogen (secondary N) is 1. The number of nitrogens with zero attached hydrogens (tertiary/aromatic N) is 2. The Balaban J connectivity index is 1.42. The molecular formula is C23H25N3O3. The Bertz CT molecular complexity index is 934. The molecule has 6 nitrogen and oxygen atoms in total. The molecule has 0 aliphatic rings. The first-order valence-corrected chi connectivity index (χ1v) is 9.57. The zero-order chi connectivity index (χ0) is 20.6. The fraction of sp³-hybridized carbons (Fsp3) is 0.261. The van der Waals surface area contributed by atoms with Crippen LogP contribution < -0.4 is 14.8 Å². The van der Waals surface area contributed by atoms with Gasteiger partial charge in [-0.25, -0.2) is 9.97 Å². The second kappa shape index (κ2) is 9.68. The Hall–Kier alpha value is -3.41. The smallest absolute Gasteiger partial charge is 0.322 e. The van der Waals surface area contributed by atoms with E-state index in [0.29, 0.717) is 36.9 Å². The Morgan fingerprint density at radius 3 is 2.17 bits per heavy atom. The molecule has 29 heavy (non-hydrogen) atoms. The number of carbonyl (C=O) groups is 1. The van der Waals surface area contributed by atoms with E-state index in [2.05, 4.69) is 15.3 Å². The van der Waals surface area contributed by atoms with Gasteiger partial charge in [0.25, 0.3) is 0 Å². The summed E-state index contributed by atoms with van der Waals surface area (Å²) in [6, 6.07) is 17.2. The number of anilines is 1. The van der Waals surface area contributed by atoms with Crippen LogP contribution in [-0.4, -0.2) is 22.5 Å². The van der Waals surface area contributed by atoms with Gasteiger partial charge in [-0.3, -0.25) is 4.79 Å². The van der Waals surface area contributed by atoms with Crippen LogP contribution in [0.4, 0.5) is 5.69 Å². The summed E-state index contributed by atoms with van der Waals surface area (Å²) in [5, 5.41) is 2.88. The summed E-state index contributed by atoms with van der Waals surface area (Å²) in [6.45, 7) is 6.32. The molecule has 1 aromatic heterocycles. The molecule has 2 aromatic carbocycles. The van der Waals surface area contributed by atoms with Gasteiger partial charge in [-0.05, 0) is 69.7 Å². The van der Waals surface area contributed by atoms with Crippen LogP contribution in [0.1, 0.15) is 29.8 Å². The molecule has 150 valence electrons. The molecule has 0 atom stereocenters. The predicted molar refractivity (Wildman–Crippen MR) is 113 cm³/mol. The van der Waals surface area contributed by atoms with Crippen LogP contribution in [0.25, 0.3) is 0 Å². The third kappa shape index (κ3) is 6.60. The minimum atomic E-state index is -0.0520. The molecule has 3 aromatic rings. The molecule has 0 saturated carbocycles. The van der Waals surface area contributed by atoms with Crippen molar-refractivity contribution in [3.63, 3.8) is 0 Å². The van der Waals surface area contributed by atoms with Gasteiger partial charge in [-0.1, -0.05) is 17.7 Å². The highest BCUT2D eigenvalue weighted by Gasteiger charge is 2.05. The van der Waals surface area contributed by atoms with E-state index in [1.54, 1.807) is 24.3 Å². The maximum absolute atomic E-state index is 12.1. The van der Waals surface area contributed by atoms with E-state index in [0.717, 1.165) is 17.1 Å². The molecule has 0 saturated heterocycles. The van der Waals surface area contributed by atoms with Gasteiger partial charge in [0.2, 0.25) is 5.91 Å². The van der Waals surface area contributed by atoms with Crippen LogP contribution in [0.15, 0.2) is 54.6 Å². The first-order valence-electron chi connectivity index (χ1n) is 9.57. The number of aromatic nitrogens is 2. The fourth-order valence-electron chi connectivity index (χ4n) is 2.73. The van der Waals surface area contributed by atoms with Crippen LogP contribution in [0.5, 0.6) is 17.5 Å². The van der Waals surface area contributed by atoms with Crippen molar-refractivity contribution >= 4 is 11.6 Å². The monoisotopic (exact) mass is 391 g/mol. The maximum atomic E-state index is 12.1. The second-order valence-corrected chi connectivity index (χ2v) is 6.87. The molecule has 0 bridgehead atoms. The normalized spacial score (nSPS) is 10.4. The van der Waals surface area contributed by atoms with E-state index in [9.17, 15) is 4.79 Å². The van der Waals surface area contributed by atoms with E-state index in [1.165, 1.54) is 5.56 Å². The quantitative estimate of drug-likeness (QED) is 0.548. The lowest BCUT2D eigenvalue weighted by atomic mass is 10.2. The molecule has 0 unspecified atom stereocenters.